The number of rotatable bonds is 0. The molecule has 0 saturated heterocycles. The van der Waals surface area contributed by atoms with E-state index in [1.807, 2.05) is 0 Å². The first-order valence-corrected chi connectivity index (χ1v) is 2.22. The molecule has 0 heterocycles. The maximum absolute atomic E-state index is 2.16. The van der Waals surface area contributed by atoms with Gasteiger partial charge in [0.1, 0.15) is 0 Å². The van der Waals surface area contributed by atoms with Crippen molar-refractivity contribution in [2.75, 3.05) is 0 Å². The van der Waals surface area contributed by atoms with Gasteiger partial charge in [0.2, 0.25) is 0 Å². The maximum atomic E-state index is 2.16. The molecule has 0 radical (unpaired) electrons. The molecular formula is C6H8Pd. The Hall–Kier alpha value is 0.142. The summed E-state index contributed by atoms with van der Waals surface area (Å²) in [5.41, 5.74) is 1.47. The zero-order valence-electron chi connectivity index (χ0n) is 4.26. The van der Waals surface area contributed by atoms with E-state index >= 15 is 0 Å². The predicted molar refractivity (Wildman–Crippen MR) is 27.5 cm³/mol. The molecule has 0 saturated carbocycles. The SMILES string of the molecule is CC1=CC=CC1.[Pd]. The van der Waals surface area contributed by atoms with Gasteiger partial charge in [-0.1, -0.05) is 23.8 Å². The fourth-order valence-electron chi connectivity index (χ4n) is 0.554. The largest absolute Gasteiger partial charge is 0.0805 e. The molecule has 1 heteroatoms. The zero-order chi connectivity index (χ0) is 4.41. The second kappa shape index (κ2) is 3.18. The molecule has 0 aliphatic heterocycles. The second-order valence-electron chi connectivity index (χ2n) is 1.65. The van der Waals surface area contributed by atoms with E-state index in [1.54, 1.807) is 0 Å². The van der Waals surface area contributed by atoms with E-state index in [1.165, 1.54) is 12.0 Å². The molecule has 0 spiro atoms. The fourth-order valence-corrected chi connectivity index (χ4v) is 0.554. The molecule has 0 atom stereocenters. The summed E-state index contributed by atoms with van der Waals surface area (Å²) in [6.45, 7) is 2.14. The molecule has 42 valence electrons. The fraction of sp³-hybridized carbons (Fsp3) is 0.333. The van der Waals surface area contributed by atoms with Gasteiger partial charge in [-0.2, -0.15) is 0 Å². The molecule has 0 amide bonds. The molecule has 0 unspecified atom stereocenters. The van der Waals surface area contributed by atoms with Crippen molar-refractivity contribution >= 4 is 0 Å². The molecule has 1 aliphatic rings. The predicted octanol–water partition coefficient (Wildman–Crippen LogP) is 1.89. The molecule has 0 aromatic heterocycles. The minimum atomic E-state index is 0. The van der Waals surface area contributed by atoms with Crippen molar-refractivity contribution < 1.29 is 20.4 Å². The first kappa shape index (κ1) is 7.14. The van der Waals surface area contributed by atoms with Crippen LogP contribution < -0.4 is 0 Å². The quantitative estimate of drug-likeness (QED) is 0.507. The van der Waals surface area contributed by atoms with Crippen LogP contribution in [0, 0.1) is 0 Å². The molecule has 0 aromatic carbocycles. The molecule has 7 heavy (non-hydrogen) atoms. The molecular weight excluding hydrogens is 178 g/mol. The monoisotopic (exact) mass is 186 g/mol. The molecule has 0 fully saturated rings. The summed E-state index contributed by atoms with van der Waals surface area (Å²) in [7, 11) is 0. The molecule has 0 nitrogen and oxygen atoms in total. The normalized spacial score (nSPS) is 15.9. The third-order valence-electron chi connectivity index (χ3n) is 0.957. The van der Waals surface area contributed by atoms with E-state index in [9.17, 15) is 0 Å². The summed E-state index contributed by atoms with van der Waals surface area (Å²) < 4.78 is 0. The van der Waals surface area contributed by atoms with Crippen molar-refractivity contribution in [2.24, 2.45) is 0 Å². The summed E-state index contributed by atoms with van der Waals surface area (Å²) >= 11 is 0. The first-order chi connectivity index (χ1) is 2.89. The van der Waals surface area contributed by atoms with Crippen LogP contribution in [0.4, 0.5) is 0 Å². The summed E-state index contributed by atoms with van der Waals surface area (Å²) in [4.78, 5) is 0. The van der Waals surface area contributed by atoms with Crippen LogP contribution >= 0.6 is 0 Å². The van der Waals surface area contributed by atoms with Crippen LogP contribution in [-0.2, 0) is 20.4 Å². The number of hydrogen-bond donors (Lipinski definition) is 0. The standard InChI is InChI=1S/C6H8.Pd/c1-6-4-2-3-5-6;/h2-4H,5H2,1H3;. The summed E-state index contributed by atoms with van der Waals surface area (Å²) in [5.74, 6) is 0. The van der Waals surface area contributed by atoms with Gasteiger partial charge in [-0.15, -0.1) is 0 Å². The van der Waals surface area contributed by atoms with Gasteiger partial charge in [0.15, 0.2) is 0 Å². The van der Waals surface area contributed by atoms with Gasteiger partial charge in [0.05, 0.1) is 0 Å². The molecule has 1 rings (SSSR count). The van der Waals surface area contributed by atoms with Gasteiger partial charge in [-0.05, 0) is 13.3 Å². The molecule has 0 N–H and O–H groups in total. The van der Waals surface area contributed by atoms with Gasteiger partial charge < -0.3 is 0 Å². The van der Waals surface area contributed by atoms with Crippen molar-refractivity contribution in [1.82, 2.24) is 0 Å². The Morgan fingerprint density at radius 2 is 2.29 bits per heavy atom. The van der Waals surface area contributed by atoms with Crippen molar-refractivity contribution in [3.8, 4) is 0 Å². The second-order valence-corrected chi connectivity index (χ2v) is 1.65. The average Bonchev–Trinajstić information content (AvgIpc) is 1.86. The van der Waals surface area contributed by atoms with E-state index in [0.717, 1.165) is 0 Å². The van der Waals surface area contributed by atoms with Crippen LogP contribution in [0.5, 0.6) is 0 Å². The number of allylic oxidation sites excluding steroid dienone is 4. The van der Waals surface area contributed by atoms with Crippen molar-refractivity contribution in [2.45, 2.75) is 13.3 Å². The van der Waals surface area contributed by atoms with Gasteiger partial charge in [0.25, 0.3) is 0 Å². The third-order valence-corrected chi connectivity index (χ3v) is 0.957. The Kier molecular flexibility index (Phi) is 3.25. The van der Waals surface area contributed by atoms with Crippen molar-refractivity contribution in [3.63, 3.8) is 0 Å². The van der Waals surface area contributed by atoms with E-state index in [2.05, 4.69) is 25.2 Å². The maximum Gasteiger partial charge on any atom is 0 e. The Morgan fingerprint density at radius 3 is 2.43 bits per heavy atom. The van der Waals surface area contributed by atoms with E-state index in [-0.39, 0.29) is 20.4 Å². The smallest absolute Gasteiger partial charge is 0 e. The van der Waals surface area contributed by atoms with Crippen molar-refractivity contribution in [1.29, 1.82) is 0 Å². The van der Waals surface area contributed by atoms with Gasteiger partial charge in [-0.25, -0.2) is 0 Å². The Bertz CT molecular complexity index is 101. The molecule has 0 bridgehead atoms. The van der Waals surface area contributed by atoms with Gasteiger partial charge in [0, 0.05) is 20.4 Å². The first-order valence-electron chi connectivity index (χ1n) is 2.22. The van der Waals surface area contributed by atoms with E-state index in [0.29, 0.717) is 0 Å². The summed E-state index contributed by atoms with van der Waals surface area (Å²) in [6.07, 6.45) is 7.56. The Balaban J connectivity index is 0.000000360. The van der Waals surface area contributed by atoms with Crippen molar-refractivity contribution in [3.05, 3.63) is 23.8 Å². The number of hydrogen-bond acceptors (Lipinski definition) is 0. The zero-order valence-corrected chi connectivity index (χ0v) is 5.81. The molecule has 0 aromatic rings. The third kappa shape index (κ3) is 2.07. The van der Waals surface area contributed by atoms with Crippen LogP contribution in [0.25, 0.3) is 0 Å². The van der Waals surface area contributed by atoms with Crippen LogP contribution in [0.2, 0.25) is 0 Å². The Labute approximate surface area is 58.0 Å². The van der Waals surface area contributed by atoms with Gasteiger partial charge in [-0.3, -0.25) is 0 Å². The van der Waals surface area contributed by atoms with Crippen LogP contribution in [0.1, 0.15) is 13.3 Å². The summed E-state index contributed by atoms with van der Waals surface area (Å²) in [5, 5.41) is 0. The summed E-state index contributed by atoms with van der Waals surface area (Å²) in [6, 6.07) is 0. The van der Waals surface area contributed by atoms with Crippen LogP contribution in [-0.4, -0.2) is 0 Å². The van der Waals surface area contributed by atoms with Crippen LogP contribution in [0.15, 0.2) is 23.8 Å². The Morgan fingerprint density at radius 1 is 1.57 bits per heavy atom. The average molecular weight is 187 g/mol. The van der Waals surface area contributed by atoms with E-state index < -0.39 is 0 Å². The van der Waals surface area contributed by atoms with Gasteiger partial charge >= 0.3 is 0 Å². The minimum Gasteiger partial charge on any atom is -0.0805 e. The minimum absolute atomic E-state index is 0. The van der Waals surface area contributed by atoms with E-state index in [4.69, 9.17) is 0 Å². The topological polar surface area (TPSA) is 0 Å². The van der Waals surface area contributed by atoms with Crippen LogP contribution in [0.3, 0.4) is 0 Å². The molecule has 1 aliphatic carbocycles.